The van der Waals surface area contributed by atoms with E-state index in [9.17, 15) is 14.4 Å². The molecule has 6 heteroatoms. The summed E-state index contributed by atoms with van der Waals surface area (Å²) in [5.74, 6) is 0.190. The molecule has 3 rings (SSSR count). The van der Waals surface area contributed by atoms with Gasteiger partial charge in [-0.25, -0.2) is 0 Å². The molecule has 3 amide bonds. The molecule has 1 aromatic carbocycles. The molecule has 0 bridgehead atoms. The van der Waals surface area contributed by atoms with Crippen molar-refractivity contribution in [2.24, 2.45) is 5.92 Å². The quantitative estimate of drug-likeness (QED) is 0.821. The molecule has 26 heavy (non-hydrogen) atoms. The Morgan fingerprint density at radius 3 is 2.58 bits per heavy atom. The first-order valence-corrected chi connectivity index (χ1v) is 9.51. The van der Waals surface area contributed by atoms with Crippen molar-refractivity contribution in [1.29, 1.82) is 0 Å². The summed E-state index contributed by atoms with van der Waals surface area (Å²) in [4.78, 5) is 37.7. The van der Waals surface area contributed by atoms with Gasteiger partial charge in [0.1, 0.15) is 0 Å². The van der Waals surface area contributed by atoms with E-state index in [0.29, 0.717) is 13.0 Å². The van der Waals surface area contributed by atoms with Crippen LogP contribution in [0.2, 0.25) is 0 Å². The van der Waals surface area contributed by atoms with E-state index >= 15 is 0 Å². The molecule has 2 fully saturated rings. The second-order valence-corrected chi connectivity index (χ2v) is 7.30. The Morgan fingerprint density at radius 1 is 1.15 bits per heavy atom. The second-order valence-electron chi connectivity index (χ2n) is 7.30. The molecular weight excluding hydrogens is 330 g/mol. The molecule has 6 nitrogen and oxygen atoms in total. The maximum atomic E-state index is 12.3. The Kier molecular flexibility index (Phi) is 5.91. The van der Waals surface area contributed by atoms with Gasteiger partial charge < -0.3 is 15.5 Å². The van der Waals surface area contributed by atoms with E-state index in [1.807, 2.05) is 31.2 Å². The van der Waals surface area contributed by atoms with Crippen molar-refractivity contribution in [3.63, 3.8) is 0 Å². The van der Waals surface area contributed by atoms with Crippen molar-refractivity contribution in [2.75, 3.05) is 18.4 Å². The number of carbonyl (C=O) groups is 3. The van der Waals surface area contributed by atoms with Gasteiger partial charge in [-0.1, -0.05) is 18.6 Å². The molecule has 1 heterocycles. The van der Waals surface area contributed by atoms with Crippen molar-refractivity contribution in [1.82, 2.24) is 10.2 Å². The van der Waals surface area contributed by atoms with Gasteiger partial charge in [-0.05, 0) is 50.3 Å². The zero-order valence-corrected chi connectivity index (χ0v) is 15.3. The van der Waals surface area contributed by atoms with Crippen LogP contribution in [0.1, 0.15) is 57.1 Å². The highest BCUT2D eigenvalue weighted by molar-refractivity contribution is 5.94. The Bertz CT molecular complexity index is 667. The van der Waals surface area contributed by atoms with E-state index in [0.717, 1.165) is 43.4 Å². The van der Waals surface area contributed by atoms with Gasteiger partial charge >= 0.3 is 0 Å². The van der Waals surface area contributed by atoms with Crippen LogP contribution in [0.3, 0.4) is 0 Å². The summed E-state index contributed by atoms with van der Waals surface area (Å²) < 4.78 is 0. The maximum absolute atomic E-state index is 12.3. The molecule has 0 spiro atoms. The van der Waals surface area contributed by atoms with Crippen LogP contribution in [-0.2, 0) is 14.4 Å². The monoisotopic (exact) mass is 357 g/mol. The molecule has 1 aliphatic heterocycles. The number of nitrogens with one attached hydrogen (secondary N) is 2. The smallest absolute Gasteiger partial charge is 0.240 e. The van der Waals surface area contributed by atoms with Crippen LogP contribution in [0.25, 0.3) is 0 Å². The van der Waals surface area contributed by atoms with Gasteiger partial charge in [-0.15, -0.1) is 0 Å². The standard InChI is InChI=1S/C20H27N3O3/c1-14(21-18(24)13-23-12-4-2-3-5-19(23)25)15-8-10-17(11-9-15)22-20(26)16-6-7-16/h8-11,14,16H,2-7,12-13H2,1H3,(H,21,24)(H,22,26). The number of carbonyl (C=O) groups excluding carboxylic acids is 3. The molecule has 140 valence electrons. The van der Waals surface area contributed by atoms with Crippen molar-refractivity contribution in [3.8, 4) is 0 Å². The zero-order valence-electron chi connectivity index (χ0n) is 15.3. The van der Waals surface area contributed by atoms with Crippen LogP contribution >= 0.6 is 0 Å². The average Bonchev–Trinajstić information content (AvgIpc) is 3.46. The van der Waals surface area contributed by atoms with Crippen LogP contribution in [-0.4, -0.2) is 35.7 Å². The summed E-state index contributed by atoms with van der Waals surface area (Å²) in [6, 6.07) is 7.38. The molecule has 2 N–H and O–H groups in total. The van der Waals surface area contributed by atoms with Crippen molar-refractivity contribution in [3.05, 3.63) is 29.8 Å². The highest BCUT2D eigenvalue weighted by Gasteiger charge is 2.29. The lowest BCUT2D eigenvalue weighted by Gasteiger charge is -2.22. The molecular formula is C20H27N3O3. The van der Waals surface area contributed by atoms with Crippen LogP contribution in [0.15, 0.2) is 24.3 Å². The number of rotatable bonds is 6. The van der Waals surface area contributed by atoms with E-state index in [1.165, 1.54) is 0 Å². The third-order valence-electron chi connectivity index (χ3n) is 5.01. The Labute approximate surface area is 154 Å². The maximum Gasteiger partial charge on any atom is 0.240 e. The van der Waals surface area contributed by atoms with Crippen LogP contribution in [0.5, 0.6) is 0 Å². The molecule has 0 aromatic heterocycles. The second kappa shape index (κ2) is 8.34. The number of hydrogen-bond acceptors (Lipinski definition) is 3. The van der Waals surface area contributed by atoms with Crippen molar-refractivity contribution >= 4 is 23.4 Å². The first-order valence-electron chi connectivity index (χ1n) is 9.51. The van der Waals surface area contributed by atoms with Crippen LogP contribution in [0, 0.1) is 5.92 Å². The SMILES string of the molecule is CC(NC(=O)CN1CCCCCC1=O)c1ccc(NC(=O)C2CC2)cc1. The molecule has 1 saturated carbocycles. The molecule has 2 aliphatic rings. The number of amides is 3. The Hall–Kier alpha value is -2.37. The van der Waals surface area contributed by atoms with E-state index in [2.05, 4.69) is 10.6 Å². The van der Waals surface area contributed by atoms with E-state index in [1.54, 1.807) is 4.90 Å². The minimum absolute atomic E-state index is 0.0704. The average molecular weight is 357 g/mol. The highest BCUT2D eigenvalue weighted by Crippen LogP contribution is 2.30. The van der Waals surface area contributed by atoms with Gasteiger partial charge in [0.25, 0.3) is 0 Å². The fourth-order valence-corrected chi connectivity index (χ4v) is 3.19. The number of likely N-dealkylation sites (tertiary alicyclic amines) is 1. The molecule has 1 atom stereocenters. The van der Waals surface area contributed by atoms with Gasteiger partial charge in [0, 0.05) is 24.6 Å². The molecule has 1 aromatic rings. The molecule has 1 saturated heterocycles. The summed E-state index contributed by atoms with van der Waals surface area (Å²) >= 11 is 0. The first-order chi connectivity index (χ1) is 12.5. The zero-order chi connectivity index (χ0) is 18.5. The van der Waals surface area contributed by atoms with Crippen LogP contribution in [0.4, 0.5) is 5.69 Å². The first kappa shape index (κ1) is 18.4. The predicted octanol–water partition coefficient (Wildman–Crippen LogP) is 2.61. The minimum Gasteiger partial charge on any atom is -0.348 e. The van der Waals surface area contributed by atoms with Gasteiger partial charge in [0.05, 0.1) is 12.6 Å². The summed E-state index contributed by atoms with van der Waals surface area (Å²) in [5.41, 5.74) is 1.74. The van der Waals surface area contributed by atoms with Crippen molar-refractivity contribution in [2.45, 2.75) is 51.5 Å². The third kappa shape index (κ3) is 5.07. The Balaban J connectivity index is 1.50. The number of benzene rings is 1. The number of anilines is 1. The van der Waals surface area contributed by atoms with E-state index in [4.69, 9.17) is 0 Å². The fourth-order valence-electron chi connectivity index (χ4n) is 3.19. The molecule has 1 aliphatic carbocycles. The lowest BCUT2D eigenvalue weighted by Crippen LogP contribution is -2.41. The summed E-state index contributed by atoms with van der Waals surface area (Å²) in [6.45, 7) is 2.70. The summed E-state index contributed by atoms with van der Waals surface area (Å²) in [7, 11) is 0. The lowest BCUT2D eigenvalue weighted by molar-refractivity contribution is -0.135. The van der Waals surface area contributed by atoms with Gasteiger partial charge in [0.15, 0.2) is 0 Å². The molecule has 1 unspecified atom stereocenters. The predicted molar refractivity (Wildman–Crippen MR) is 99.4 cm³/mol. The van der Waals surface area contributed by atoms with Gasteiger partial charge in [-0.3, -0.25) is 14.4 Å². The van der Waals surface area contributed by atoms with E-state index in [-0.39, 0.29) is 36.2 Å². The largest absolute Gasteiger partial charge is 0.348 e. The van der Waals surface area contributed by atoms with Gasteiger partial charge in [0.2, 0.25) is 17.7 Å². The minimum atomic E-state index is -0.155. The van der Waals surface area contributed by atoms with Crippen LogP contribution < -0.4 is 10.6 Å². The molecule has 0 radical (unpaired) electrons. The fraction of sp³-hybridized carbons (Fsp3) is 0.550. The lowest BCUT2D eigenvalue weighted by atomic mass is 10.1. The topological polar surface area (TPSA) is 78.5 Å². The summed E-state index contributed by atoms with van der Waals surface area (Å²) in [6.07, 6.45) is 5.42. The highest BCUT2D eigenvalue weighted by atomic mass is 16.2. The van der Waals surface area contributed by atoms with E-state index < -0.39 is 0 Å². The third-order valence-corrected chi connectivity index (χ3v) is 5.01. The Morgan fingerprint density at radius 2 is 1.88 bits per heavy atom. The number of hydrogen-bond donors (Lipinski definition) is 2. The summed E-state index contributed by atoms with van der Waals surface area (Å²) in [5, 5.41) is 5.86. The normalized spacial score (nSPS) is 18.8. The van der Waals surface area contributed by atoms with Gasteiger partial charge in [-0.2, -0.15) is 0 Å². The number of nitrogens with zero attached hydrogens (tertiary/aromatic N) is 1. The van der Waals surface area contributed by atoms with Crippen molar-refractivity contribution < 1.29 is 14.4 Å².